The standard InChI is InChI=1S/C25H16F2O2/c1-14-6-11-19(23(27)22(14)26)15-7-9-16(10-8-15)24-20-12-17-4-2-3-5-18(17)13-21(20)25(28)29-24/h2-13,24H,1H3. The van der Waals surface area contributed by atoms with E-state index in [-0.39, 0.29) is 17.1 Å². The van der Waals surface area contributed by atoms with Crippen LogP contribution in [0.3, 0.4) is 0 Å². The number of benzene rings is 4. The fraction of sp³-hybridized carbons (Fsp3) is 0.0800. The maximum Gasteiger partial charge on any atom is 0.339 e. The zero-order valence-electron chi connectivity index (χ0n) is 15.6. The third-order valence-electron chi connectivity index (χ3n) is 5.44. The highest BCUT2D eigenvalue weighted by molar-refractivity contribution is 6.00. The van der Waals surface area contributed by atoms with Gasteiger partial charge in [-0.15, -0.1) is 0 Å². The first-order valence-electron chi connectivity index (χ1n) is 9.31. The average Bonchev–Trinajstić information content (AvgIpc) is 3.06. The van der Waals surface area contributed by atoms with Crippen LogP contribution in [0.4, 0.5) is 8.78 Å². The van der Waals surface area contributed by atoms with Gasteiger partial charge in [0.25, 0.3) is 0 Å². The van der Waals surface area contributed by atoms with Crippen molar-refractivity contribution < 1.29 is 18.3 Å². The van der Waals surface area contributed by atoms with E-state index in [4.69, 9.17) is 4.74 Å². The fourth-order valence-corrected chi connectivity index (χ4v) is 3.84. The van der Waals surface area contributed by atoms with Crippen LogP contribution in [-0.2, 0) is 4.74 Å². The minimum Gasteiger partial charge on any atom is -0.449 e. The van der Waals surface area contributed by atoms with Crippen LogP contribution in [0, 0.1) is 18.6 Å². The Labute approximate surface area is 166 Å². The van der Waals surface area contributed by atoms with Gasteiger partial charge in [-0.05, 0) is 46.5 Å². The SMILES string of the molecule is Cc1ccc(-c2ccc(C3OC(=O)c4cc5ccccc5cc43)cc2)c(F)c1F. The molecule has 4 aromatic carbocycles. The molecule has 0 radical (unpaired) electrons. The summed E-state index contributed by atoms with van der Waals surface area (Å²) in [6.07, 6.45) is -0.518. The molecule has 4 aromatic rings. The predicted octanol–water partition coefficient (Wildman–Crippen LogP) is 6.35. The lowest BCUT2D eigenvalue weighted by Crippen LogP contribution is -2.01. The number of hydrogen-bond acceptors (Lipinski definition) is 2. The fourth-order valence-electron chi connectivity index (χ4n) is 3.84. The minimum atomic E-state index is -0.859. The molecule has 0 aromatic heterocycles. The van der Waals surface area contributed by atoms with Crippen LogP contribution in [0.25, 0.3) is 21.9 Å². The molecular weight excluding hydrogens is 370 g/mol. The number of halogens is 2. The molecule has 142 valence electrons. The summed E-state index contributed by atoms with van der Waals surface area (Å²) in [5.41, 5.74) is 3.19. The molecule has 0 N–H and O–H groups in total. The molecule has 4 heteroatoms. The zero-order chi connectivity index (χ0) is 20.1. The Hall–Kier alpha value is -3.53. The van der Waals surface area contributed by atoms with Crippen molar-refractivity contribution in [1.82, 2.24) is 0 Å². The quantitative estimate of drug-likeness (QED) is 0.375. The maximum absolute atomic E-state index is 14.3. The second-order valence-electron chi connectivity index (χ2n) is 7.25. The highest BCUT2D eigenvalue weighted by Gasteiger charge is 2.32. The lowest BCUT2D eigenvalue weighted by molar-refractivity contribution is 0.0456. The molecule has 0 fully saturated rings. The van der Waals surface area contributed by atoms with Crippen LogP contribution in [0.15, 0.2) is 72.8 Å². The predicted molar refractivity (Wildman–Crippen MR) is 108 cm³/mol. The summed E-state index contributed by atoms with van der Waals surface area (Å²) in [6.45, 7) is 1.53. The number of carbonyl (C=O) groups excluding carboxylic acids is 1. The van der Waals surface area contributed by atoms with Gasteiger partial charge in [-0.1, -0.05) is 60.7 Å². The molecular formula is C25H16F2O2. The second kappa shape index (κ2) is 6.52. The van der Waals surface area contributed by atoms with Gasteiger partial charge in [-0.25, -0.2) is 13.6 Å². The van der Waals surface area contributed by atoms with Gasteiger partial charge in [-0.3, -0.25) is 0 Å². The van der Waals surface area contributed by atoms with Gasteiger partial charge in [0, 0.05) is 11.1 Å². The molecule has 1 heterocycles. The number of hydrogen-bond donors (Lipinski definition) is 0. The summed E-state index contributed by atoms with van der Waals surface area (Å²) in [5, 5.41) is 2.01. The monoisotopic (exact) mass is 386 g/mol. The first-order valence-corrected chi connectivity index (χ1v) is 9.31. The van der Waals surface area contributed by atoms with Gasteiger partial charge < -0.3 is 4.74 Å². The van der Waals surface area contributed by atoms with Crippen LogP contribution in [-0.4, -0.2) is 5.97 Å². The molecule has 0 saturated heterocycles. The van der Waals surface area contributed by atoms with E-state index in [0.717, 1.165) is 21.9 Å². The van der Waals surface area contributed by atoms with E-state index in [1.807, 2.05) is 36.4 Å². The highest BCUT2D eigenvalue weighted by atomic mass is 19.2. The largest absolute Gasteiger partial charge is 0.449 e. The van der Waals surface area contributed by atoms with Crippen LogP contribution < -0.4 is 0 Å². The molecule has 0 spiro atoms. The number of carbonyl (C=O) groups is 1. The summed E-state index contributed by atoms with van der Waals surface area (Å²) in [7, 11) is 0. The van der Waals surface area contributed by atoms with Crippen molar-refractivity contribution in [3.05, 3.63) is 107 Å². The highest BCUT2D eigenvalue weighted by Crippen LogP contribution is 2.39. The zero-order valence-corrected chi connectivity index (χ0v) is 15.6. The lowest BCUT2D eigenvalue weighted by Gasteiger charge is -2.13. The lowest BCUT2D eigenvalue weighted by atomic mass is 9.94. The molecule has 1 aliphatic heterocycles. The van der Waals surface area contributed by atoms with Gasteiger partial charge in [-0.2, -0.15) is 0 Å². The van der Waals surface area contributed by atoms with Crippen molar-refractivity contribution in [2.75, 3.05) is 0 Å². The van der Waals surface area contributed by atoms with Gasteiger partial charge in [0.2, 0.25) is 0 Å². The normalized spacial score (nSPS) is 15.4. The summed E-state index contributed by atoms with van der Waals surface area (Å²) in [5.74, 6) is -2.05. The molecule has 1 unspecified atom stereocenters. The number of fused-ring (bicyclic) bond motifs is 2. The molecule has 2 nitrogen and oxygen atoms in total. The molecule has 1 atom stereocenters. The van der Waals surface area contributed by atoms with Gasteiger partial charge >= 0.3 is 5.97 Å². The summed E-state index contributed by atoms with van der Waals surface area (Å²) in [6, 6.07) is 21.8. The first-order chi connectivity index (χ1) is 14.0. The van der Waals surface area contributed by atoms with Crippen molar-refractivity contribution in [1.29, 1.82) is 0 Å². The molecule has 29 heavy (non-hydrogen) atoms. The smallest absolute Gasteiger partial charge is 0.339 e. The van der Waals surface area contributed by atoms with Crippen molar-refractivity contribution >= 4 is 16.7 Å². The Morgan fingerprint density at radius 2 is 1.48 bits per heavy atom. The molecule has 0 bridgehead atoms. The van der Waals surface area contributed by atoms with Gasteiger partial charge in [0.1, 0.15) is 0 Å². The Bertz CT molecular complexity index is 1280. The van der Waals surface area contributed by atoms with Gasteiger partial charge in [0.05, 0.1) is 5.56 Å². The molecule has 0 saturated carbocycles. The molecule has 1 aliphatic rings. The van der Waals surface area contributed by atoms with Crippen molar-refractivity contribution in [3.63, 3.8) is 0 Å². The Morgan fingerprint density at radius 1 is 0.793 bits per heavy atom. The third kappa shape index (κ3) is 2.80. The molecule has 0 aliphatic carbocycles. The van der Waals surface area contributed by atoms with Crippen LogP contribution in [0.2, 0.25) is 0 Å². The van der Waals surface area contributed by atoms with E-state index in [2.05, 4.69) is 0 Å². The summed E-state index contributed by atoms with van der Waals surface area (Å²) in [4.78, 5) is 12.4. The minimum absolute atomic E-state index is 0.203. The third-order valence-corrected chi connectivity index (χ3v) is 5.44. The summed E-state index contributed by atoms with van der Waals surface area (Å²) < 4.78 is 33.8. The first kappa shape index (κ1) is 17.6. The Balaban J connectivity index is 1.55. The maximum atomic E-state index is 14.3. The number of aryl methyl sites for hydroxylation is 1. The Kier molecular flexibility index (Phi) is 3.95. The van der Waals surface area contributed by atoms with Crippen LogP contribution >= 0.6 is 0 Å². The molecule has 5 rings (SSSR count). The Morgan fingerprint density at radius 3 is 2.21 bits per heavy atom. The van der Waals surface area contributed by atoms with E-state index in [0.29, 0.717) is 11.1 Å². The van der Waals surface area contributed by atoms with Crippen LogP contribution in [0.5, 0.6) is 0 Å². The van der Waals surface area contributed by atoms with Crippen molar-refractivity contribution in [2.24, 2.45) is 0 Å². The van der Waals surface area contributed by atoms with Gasteiger partial charge in [0.15, 0.2) is 17.7 Å². The number of ether oxygens (including phenoxy) is 1. The number of cyclic esters (lactones) is 1. The number of esters is 1. The van der Waals surface area contributed by atoms with E-state index in [1.165, 1.54) is 6.92 Å². The van der Waals surface area contributed by atoms with E-state index < -0.39 is 17.7 Å². The van der Waals surface area contributed by atoms with E-state index in [1.54, 1.807) is 36.4 Å². The van der Waals surface area contributed by atoms with Crippen LogP contribution in [0.1, 0.15) is 33.2 Å². The van der Waals surface area contributed by atoms with Crippen molar-refractivity contribution in [3.8, 4) is 11.1 Å². The topological polar surface area (TPSA) is 26.3 Å². The van der Waals surface area contributed by atoms with Crippen molar-refractivity contribution in [2.45, 2.75) is 13.0 Å². The average molecular weight is 386 g/mol. The summed E-state index contributed by atoms with van der Waals surface area (Å²) >= 11 is 0. The van der Waals surface area contributed by atoms with E-state index >= 15 is 0 Å². The van der Waals surface area contributed by atoms with E-state index in [9.17, 15) is 13.6 Å². The molecule has 0 amide bonds. The second-order valence-corrected chi connectivity index (χ2v) is 7.25. The number of rotatable bonds is 2.